The number of hydrogen-bond donors (Lipinski definition) is 1. The Kier molecular flexibility index (Phi) is 3.88. The summed E-state index contributed by atoms with van der Waals surface area (Å²) in [7, 11) is 1.34. The molecule has 0 bridgehead atoms. The first-order valence-corrected chi connectivity index (χ1v) is 8.13. The Labute approximate surface area is 155 Å². The Hall–Kier alpha value is -3.00. The zero-order valence-electron chi connectivity index (χ0n) is 13.8. The number of hydrogen-bond acceptors (Lipinski definition) is 3. The number of aromatic nitrogens is 3. The molecule has 4 rings (SSSR count). The number of rotatable bonds is 2. The van der Waals surface area contributed by atoms with Gasteiger partial charge in [0.1, 0.15) is 0 Å². The normalized spacial score (nSPS) is 12.0. The van der Waals surface area contributed by atoms with E-state index in [4.69, 9.17) is 16.3 Å². The predicted molar refractivity (Wildman–Crippen MR) is 95.3 cm³/mol. The SMILES string of the molecule is COc1ccc(-c2ccc3[nH]c(=O)ccc3c2)c2c(Cl)c(C(F)(F)F)nn12. The van der Waals surface area contributed by atoms with E-state index in [1.165, 1.54) is 19.2 Å². The summed E-state index contributed by atoms with van der Waals surface area (Å²) in [5, 5.41) is 3.83. The van der Waals surface area contributed by atoms with E-state index in [1.54, 1.807) is 30.3 Å². The fraction of sp³-hybridized carbons (Fsp3) is 0.111. The van der Waals surface area contributed by atoms with Crippen molar-refractivity contribution in [3.05, 3.63) is 63.5 Å². The summed E-state index contributed by atoms with van der Waals surface area (Å²) in [6, 6.07) is 11.3. The number of benzene rings is 1. The lowest BCUT2D eigenvalue weighted by atomic mass is 10.0. The second-order valence-corrected chi connectivity index (χ2v) is 6.21. The van der Waals surface area contributed by atoms with Gasteiger partial charge in [-0.1, -0.05) is 17.7 Å². The average molecular weight is 394 g/mol. The van der Waals surface area contributed by atoms with E-state index in [-0.39, 0.29) is 17.0 Å². The molecule has 0 unspecified atom stereocenters. The third-order valence-corrected chi connectivity index (χ3v) is 4.55. The molecule has 0 aliphatic heterocycles. The van der Waals surface area contributed by atoms with Crippen molar-refractivity contribution in [1.82, 2.24) is 14.6 Å². The average Bonchev–Trinajstić information content (AvgIpc) is 2.99. The molecule has 4 aromatic rings. The molecule has 5 nitrogen and oxygen atoms in total. The quantitative estimate of drug-likeness (QED) is 0.544. The topological polar surface area (TPSA) is 59.4 Å². The molecule has 3 heterocycles. The minimum absolute atomic E-state index is 0.0899. The monoisotopic (exact) mass is 393 g/mol. The molecule has 0 spiro atoms. The molecule has 0 aliphatic carbocycles. The Balaban J connectivity index is 2.03. The van der Waals surface area contributed by atoms with Crippen molar-refractivity contribution < 1.29 is 17.9 Å². The standard InChI is InChI=1S/C18H11ClF3N3O2/c1-27-14-7-4-11(16-15(19)17(18(20,21)22)24-25(14)16)9-2-5-12-10(8-9)3-6-13(26)23-12/h2-8H,1H3,(H,23,26). The number of pyridine rings is 2. The summed E-state index contributed by atoms with van der Waals surface area (Å²) in [4.78, 5) is 14.1. The summed E-state index contributed by atoms with van der Waals surface area (Å²) in [6.07, 6.45) is -4.70. The second-order valence-electron chi connectivity index (χ2n) is 5.83. The van der Waals surface area contributed by atoms with Crippen molar-refractivity contribution in [2.24, 2.45) is 0 Å². The van der Waals surface area contributed by atoms with E-state index in [0.717, 1.165) is 9.90 Å². The number of aromatic amines is 1. The van der Waals surface area contributed by atoms with Crippen molar-refractivity contribution in [2.75, 3.05) is 7.11 Å². The Bertz CT molecular complexity index is 1240. The van der Waals surface area contributed by atoms with Gasteiger partial charge in [0, 0.05) is 23.2 Å². The molecule has 9 heteroatoms. The lowest BCUT2D eigenvalue weighted by Crippen LogP contribution is -2.07. The van der Waals surface area contributed by atoms with Crippen LogP contribution in [0.2, 0.25) is 5.02 Å². The number of nitrogens with zero attached hydrogens (tertiary/aromatic N) is 2. The number of nitrogens with one attached hydrogen (secondary N) is 1. The minimum Gasteiger partial charge on any atom is -0.481 e. The summed E-state index contributed by atoms with van der Waals surface area (Å²) in [5.41, 5.74) is 0.365. The number of methoxy groups -OCH3 is 1. The molecule has 0 fully saturated rings. The van der Waals surface area contributed by atoms with Gasteiger partial charge < -0.3 is 9.72 Å². The van der Waals surface area contributed by atoms with Gasteiger partial charge in [-0.25, -0.2) is 0 Å². The van der Waals surface area contributed by atoms with Gasteiger partial charge in [0.25, 0.3) is 0 Å². The summed E-state index contributed by atoms with van der Waals surface area (Å²) >= 11 is 6.06. The molecule has 0 radical (unpaired) electrons. The molecule has 0 saturated heterocycles. The lowest BCUT2D eigenvalue weighted by molar-refractivity contribution is -0.141. The molecular formula is C18H11ClF3N3O2. The summed E-state index contributed by atoms with van der Waals surface area (Å²) in [5.74, 6) is 0.122. The molecule has 1 N–H and O–H groups in total. The van der Waals surface area contributed by atoms with Crippen LogP contribution in [-0.4, -0.2) is 21.7 Å². The highest BCUT2D eigenvalue weighted by atomic mass is 35.5. The van der Waals surface area contributed by atoms with Crippen LogP contribution in [0.25, 0.3) is 27.5 Å². The Morgan fingerprint density at radius 2 is 1.93 bits per heavy atom. The largest absolute Gasteiger partial charge is 0.481 e. The molecule has 27 heavy (non-hydrogen) atoms. The number of halogens is 4. The number of H-pyrrole nitrogens is 1. The Morgan fingerprint density at radius 3 is 2.63 bits per heavy atom. The van der Waals surface area contributed by atoms with Gasteiger partial charge in [-0.05, 0) is 35.2 Å². The van der Waals surface area contributed by atoms with E-state index < -0.39 is 16.9 Å². The third kappa shape index (κ3) is 2.82. The minimum atomic E-state index is -4.70. The van der Waals surface area contributed by atoms with Crippen LogP contribution < -0.4 is 10.3 Å². The zero-order valence-corrected chi connectivity index (χ0v) is 14.5. The fourth-order valence-corrected chi connectivity index (χ4v) is 3.31. The van der Waals surface area contributed by atoms with Gasteiger partial charge in [0.05, 0.1) is 17.6 Å². The van der Waals surface area contributed by atoms with E-state index >= 15 is 0 Å². The zero-order chi connectivity index (χ0) is 19.3. The maximum absolute atomic E-state index is 13.3. The maximum atomic E-state index is 13.3. The van der Waals surface area contributed by atoms with Crippen molar-refractivity contribution in [3.8, 4) is 17.0 Å². The second kappa shape index (κ2) is 6.02. The molecular weight excluding hydrogens is 383 g/mol. The molecule has 0 atom stereocenters. The molecule has 0 saturated carbocycles. The first-order chi connectivity index (χ1) is 12.8. The Morgan fingerprint density at radius 1 is 1.15 bits per heavy atom. The van der Waals surface area contributed by atoms with E-state index in [1.807, 2.05) is 0 Å². The van der Waals surface area contributed by atoms with E-state index in [0.29, 0.717) is 16.6 Å². The van der Waals surface area contributed by atoms with Gasteiger partial charge in [-0.3, -0.25) is 4.79 Å². The van der Waals surface area contributed by atoms with Gasteiger partial charge >= 0.3 is 6.18 Å². The van der Waals surface area contributed by atoms with Crippen molar-refractivity contribution in [2.45, 2.75) is 6.18 Å². The van der Waals surface area contributed by atoms with E-state index in [9.17, 15) is 18.0 Å². The number of alkyl halides is 3. The highest BCUT2D eigenvalue weighted by Gasteiger charge is 2.38. The van der Waals surface area contributed by atoms with Crippen LogP contribution >= 0.6 is 11.6 Å². The lowest BCUT2D eigenvalue weighted by Gasteiger charge is -2.09. The number of fused-ring (bicyclic) bond motifs is 2. The van der Waals surface area contributed by atoms with Crippen LogP contribution in [0.1, 0.15) is 5.69 Å². The first kappa shape index (κ1) is 17.4. The van der Waals surface area contributed by atoms with Crippen molar-refractivity contribution in [3.63, 3.8) is 0 Å². The molecule has 0 aliphatic rings. The van der Waals surface area contributed by atoms with Gasteiger partial charge in [-0.15, -0.1) is 0 Å². The van der Waals surface area contributed by atoms with Gasteiger partial charge in [0.15, 0.2) is 5.69 Å². The fourth-order valence-electron chi connectivity index (χ4n) is 2.99. The van der Waals surface area contributed by atoms with Gasteiger partial charge in [-0.2, -0.15) is 22.8 Å². The van der Waals surface area contributed by atoms with Crippen LogP contribution in [0, 0.1) is 0 Å². The first-order valence-electron chi connectivity index (χ1n) is 7.75. The molecule has 3 aromatic heterocycles. The van der Waals surface area contributed by atoms with Crippen molar-refractivity contribution >= 4 is 28.0 Å². The third-order valence-electron chi connectivity index (χ3n) is 4.20. The highest BCUT2D eigenvalue weighted by molar-refractivity contribution is 6.35. The van der Waals surface area contributed by atoms with Crippen LogP contribution in [-0.2, 0) is 6.18 Å². The maximum Gasteiger partial charge on any atom is 0.436 e. The summed E-state index contributed by atoms with van der Waals surface area (Å²) in [6.45, 7) is 0. The number of ether oxygens (including phenoxy) is 1. The van der Waals surface area contributed by atoms with Crippen molar-refractivity contribution in [1.29, 1.82) is 0 Å². The molecule has 1 aromatic carbocycles. The van der Waals surface area contributed by atoms with Gasteiger partial charge in [0.2, 0.25) is 11.4 Å². The predicted octanol–water partition coefficient (Wildman–Crippen LogP) is 4.52. The van der Waals surface area contributed by atoms with Crippen LogP contribution in [0.5, 0.6) is 5.88 Å². The molecule has 0 amide bonds. The van der Waals surface area contributed by atoms with Crippen LogP contribution in [0.4, 0.5) is 13.2 Å². The van der Waals surface area contributed by atoms with E-state index in [2.05, 4.69) is 10.1 Å². The smallest absolute Gasteiger partial charge is 0.436 e. The highest BCUT2D eigenvalue weighted by Crippen LogP contribution is 2.41. The van der Waals surface area contributed by atoms with Crippen LogP contribution in [0.3, 0.4) is 0 Å². The summed E-state index contributed by atoms with van der Waals surface area (Å²) < 4.78 is 46.0. The molecule has 138 valence electrons. The van der Waals surface area contributed by atoms with Crippen LogP contribution in [0.15, 0.2) is 47.3 Å².